The number of hydrogen-bond acceptors (Lipinski definition) is 5. The number of anilines is 1. The molecule has 1 saturated heterocycles. The molecule has 24 heavy (non-hydrogen) atoms. The Hall–Kier alpha value is -2.44. The van der Waals surface area contributed by atoms with Crippen LogP contribution in [-0.4, -0.2) is 43.6 Å². The largest absolute Gasteiger partial charge is 0.356 e. The van der Waals surface area contributed by atoms with E-state index in [9.17, 15) is 4.79 Å². The quantitative estimate of drug-likeness (QED) is 0.862. The molecule has 1 fully saturated rings. The molecule has 1 unspecified atom stereocenters. The van der Waals surface area contributed by atoms with Crippen LogP contribution in [0.5, 0.6) is 0 Å². The fraction of sp³-hybridized carbons (Fsp3) is 0.529. The number of aromatic nitrogens is 4. The van der Waals surface area contributed by atoms with Crippen molar-refractivity contribution in [2.45, 2.75) is 46.3 Å². The van der Waals surface area contributed by atoms with Crippen molar-refractivity contribution in [3.05, 3.63) is 35.0 Å². The van der Waals surface area contributed by atoms with Crippen LogP contribution in [-0.2, 0) is 13.1 Å². The molecular weight excluding hydrogens is 304 g/mol. The van der Waals surface area contributed by atoms with E-state index in [2.05, 4.69) is 26.9 Å². The lowest BCUT2D eigenvalue weighted by Crippen LogP contribution is -2.39. The molecular formula is C17H22N6O. The van der Waals surface area contributed by atoms with Crippen molar-refractivity contribution >= 4 is 11.7 Å². The molecule has 0 aromatic carbocycles. The van der Waals surface area contributed by atoms with Gasteiger partial charge in [0.25, 0.3) is 5.91 Å². The molecule has 4 rings (SSSR count). The minimum absolute atomic E-state index is 0.00686. The molecule has 2 aromatic rings. The molecule has 4 heterocycles. The summed E-state index contributed by atoms with van der Waals surface area (Å²) in [6, 6.07) is -0.0197. The second-order valence-electron chi connectivity index (χ2n) is 6.49. The number of carbonyl (C=O) groups excluding carboxylic acids is 1. The first-order chi connectivity index (χ1) is 11.6. The van der Waals surface area contributed by atoms with Crippen LogP contribution >= 0.6 is 0 Å². The lowest BCUT2D eigenvalue weighted by Gasteiger charge is -2.34. The SMILES string of the molecule is CCn1cc(C(=O)N2Cc3nc(C)nc(N4CCC4)c3C2C)cn1. The Morgan fingerprint density at radius 2 is 2.12 bits per heavy atom. The number of hydrogen-bond donors (Lipinski definition) is 0. The van der Waals surface area contributed by atoms with Gasteiger partial charge in [-0.3, -0.25) is 9.48 Å². The van der Waals surface area contributed by atoms with Crippen molar-refractivity contribution in [2.75, 3.05) is 18.0 Å². The lowest BCUT2D eigenvalue weighted by atomic mass is 10.1. The van der Waals surface area contributed by atoms with Crippen LogP contribution in [0.2, 0.25) is 0 Å². The number of nitrogens with zero attached hydrogens (tertiary/aromatic N) is 6. The highest BCUT2D eigenvalue weighted by Gasteiger charge is 2.37. The van der Waals surface area contributed by atoms with Gasteiger partial charge in [-0.05, 0) is 27.2 Å². The third-order valence-electron chi connectivity index (χ3n) is 4.94. The Kier molecular flexibility index (Phi) is 3.51. The molecule has 7 nitrogen and oxygen atoms in total. The molecule has 0 N–H and O–H groups in total. The monoisotopic (exact) mass is 326 g/mol. The summed E-state index contributed by atoms with van der Waals surface area (Å²) in [5.41, 5.74) is 2.72. The summed E-state index contributed by atoms with van der Waals surface area (Å²) in [7, 11) is 0. The van der Waals surface area contributed by atoms with Gasteiger partial charge in [0, 0.05) is 31.4 Å². The van der Waals surface area contributed by atoms with Gasteiger partial charge in [-0.15, -0.1) is 0 Å². The zero-order valence-corrected chi connectivity index (χ0v) is 14.4. The fourth-order valence-corrected chi connectivity index (χ4v) is 3.46. The Morgan fingerprint density at radius 3 is 2.75 bits per heavy atom. The second-order valence-corrected chi connectivity index (χ2v) is 6.49. The van der Waals surface area contributed by atoms with Gasteiger partial charge >= 0.3 is 0 Å². The summed E-state index contributed by atoms with van der Waals surface area (Å²) in [5, 5.41) is 4.22. The first-order valence-electron chi connectivity index (χ1n) is 8.54. The van der Waals surface area contributed by atoms with E-state index in [1.165, 1.54) is 6.42 Å². The first-order valence-corrected chi connectivity index (χ1v) is 8.54. The molecule has 2 aliphatic rings. The maximum Gasteiger partial charge on any atom is 0.257 e. The van der Waals surface area contributed by atoms with E-state index in [0.29, 0.717) is 12.1 Å². The normalized spacial score (nSPS) is 19.4. The van der Waals surface area contributed by atoms with E-state index < -0.39 is 0 Å². The predicted molar refractivity (Wildman–Crippen MR) is 89.8 cm³/mol. The number of rotatable bonds is 3. The standard InChI is InChI=1S/C17H22N6O/c1-4-22-9-13(8-18-22)17(24)23-10-14-15(11(23)2)16(20-12(3)19-14)21-6-5-7-21/h8-9,11H,4-7,10H2,1-3H3. The number of aryl methyl sites for hydroxylation is 2. The van der Waals surface area contributed by atoms with Gasteiger partial charge in [-0.25, -0.2) is 9.97 Å². The first kappa shape index (κ1) is 15.1. The van der Waals surface area contributed by atoms with Gasteiger partial charge in [0.15, 0.2) is 0 Å². The van der Waals surface area contributed by atoms with E-state index in [1.54, 1.807) is 10.9 Å². The van der Waals surface area contributed by atoms with Gasteiger partial charge < -0.3 is 9.80 Å². The summed E-state index contributed by atoms with van der Waals surface area (Å²) in [6.07, 6.45) is 4.66. The molecule has 1 amide bonds. The van der Waals surface area contributed by atoms with Crippen LogP contribution in [0.4, 0.5) is 5.82 Å². The van der Waals surface area contributed by atoms with Gasteiger partial charge in [-0.1, -0.05) is 0 Å². The highest BCUT2D eigenvalue weighted by atomic mass is 16.2. The van der Waals surface area contributed by atoms with Crippen LogP contribution in [0.15, 0.2) is 12.4 Å². The van der Waals surface area contributed by atoms with Gasteiger partial charge in [0.1, 0.15) is 11.6 Å². The molecule has 0 radical (unpaired) electrons. The summed E-state index contributed by atoms with van der Waals surface area (Å²) in [4.78, 5) is 26.3. The molecule has 7 heteroatoms. The van der Waals surface area contributed by atoms with Crippen LogP contribution in [0.3, 0.4) is 0 Å². The van der Waals surface area contributed by atoms with Crippen LogP contribution in [0, 0.1) is 6.92 Å². The van der Waals surface area contributed by atoms with E-state index in [0.717, 1.165) is 42.5 Å². The van der Waals surface area contributed by atoms with Gasteiger partial charge in [0.2, 0.25) is 0 Å². The molecule has 126 valence electrons. The maximum atomic E-state index is 12.9. The second kappa shape index (κ2) is 5.58. The summed E-state index contributed by atoms with van der Waals surface area (Å²) in [5.74, 6) is 1.79. The number of fused-ring (bicyclic) bond motifs is 1. The Bertz CT molecular complexity index is 794. The molecule has 0 bridgehead atoms. The van der Waals surface area contributed by atoms with Crippen molar-refractivity contribution in [1.29, 1.82) is 0 Å². The molecule has 1 atom stereocenters. The molecule has 0 aliphatic carbocycles. The zero-order chi connectivity index (χ0) is 16.8. The number of amides is 1. The Balaban J connectivity index is 1.67. The molecule has 2 aliphatic heterocycles. The maximum absolute atomic E-state index is 12.9. The van der Waals surface area contributed by atoms with E-state index >= 15 is 0 Å². The minimum atomic E-state index is -0.0197. The molecule has 2 aromatic heterocycles. The zero-order valence-electron chi connectivity index (χ0n) is 14.4. The average Bonchev–Trinajstić information content (AvgIpc) is 3.09. The average molecular weight is 326 g/mol. The van der Waals surface area contributed by atoms with Crippen molar-refractivity contribution < 1.29 is 4.79 Å². The summed E-state index contributed by atoms with van der Waals surface area (Å²) in [6.45, 7) is 9.36. The van der Waals surface area contributed by atoms with E-state index in [4.69, 9.17) is 0 Å². The van der Waals surface area contributed by atoms with Gasteiger partial charge in [0.05, 0.1) is 30.0 Å². The molecule has 0 saturated carbocycles. The van der Waals surface area contributed by atoms with E-state index in [1.807, 2.05) is 24.9 Å². The van der Waals surface area contributed by atoms with Crippen LogP contribution in [0.25, 0.3) is 0 Å². The van der Waals surface area contributed by atoms with Crippen molar-refractivity contribution in [1.82, 2.24) is 24.6 Å². The van der Waals surface area contributed by atoms with E-state index in [-0.39, 0.29) is 11.9 Å². The highest BCUT2D eigenvalue weighted by molar-refractivity contribution is 5.94. The number of carbonyl (C=O) groups is 1. The minimum Gasteiger partial charge on any atom is -0.356 e. The Morgan fingerprint density at radius 1 is 1.33 bits per heavy atom. The Labute approximate surface area is 141 Å². The van der Waals surface area contributed by atoms with Crippen molar-refractivity contribution in [3.63, 3.8) is 0 Å². The third kappa shape index (κ3) is 2.26. The van der Waals surface area contributed by atoms with Crippen LogP contribution in [0.1, 0.15) is 53.7 Å². The topological polar surface area (TPSA) is 67.2 Å². The van der Waals surface area contributed by atoms with Crippen LogP contribution < -0.4 is 4.90 Å². The molecule has 0 spiro atoms. The predicted octanol–water partition coefficient (Wildman–Crippen LogP) is 1.93. The van der Waals surface area contributed by atoms with Crippen molar-refractivity contribution in [3.8, 4) is 0 Å². The smallest absolute Gasteiger partial charge is 0.257 e. The van der Waals surface area contributed by atoms with Gasteiger partial charge in [-0.2, -0.15) is 5.10 Å². The summed E-state index contributed by atoms with van der Waals surface area (Å²) >= 11 is 0. The van der Waals surface area contributed by atoms with Crippen molar-refractivity contribution in [2.24, 2.45) is 0 Å². The lowest BCUT2D eigenvalue weighted by molar-refractivity contribution is 0.0704. The summed E-state index contributed by atoms with van der Waals surface area (Å²) < 4.78 is 1.77. The fourth-order valence-electron chi connectivity index (χ4n) is 3.46. The third-order valence-corrected chi connectivity index (χ3v) is 4.94. The highest BCUT2D eigenvalue weighted by Crippen LogP contribution is 2.39.